The summed E-state index contributed by atoms with van der Waals surface area (Å²) in [5.74, 6) is 0.386. The van der Waals surface area contributed by atoms with Gasteiger partial charge in [0.2, 0.25) is 5.91 Å². The van der Waals surface area contributed by atoms with E-state index in [9.17, 15) is 19.7 Å². The molecule has 1 aromatic carbocycles. The van der Waals surface area contributed by atoms with Crippen molar-refractivity contribution >= 4 is 45.8 Å². The zero-order valence-corrected chi connectivity index (χ0v) is 13.7. The summed E-state index contributed by atoms with van der Waals surface area (Å²) in [4.78, 5) is 35.4. The molecule has 1 amide bonds. The summed E-state index contributed by atoms with van der Waals surface area (Å²) in [5.41, 5.74) is 0.723. The Labute approximate surface area is 137 Å². The molecule has 1 heterocycles. The molecule has 6 nitrogen and oxygen atoms in total. The molecule has 0 aliphatic carbocycles. The number of carbonyl (C=O) groups excluding carboxylic acids is 2. The summed E-state index contributed by atoms with van der Waals surface area (Å²) in [6.45, 7) is 3.55. The number of hydrogen-bond acceptors (Lipinski definition) is 5. The van der Waals surface area contributed by atoms with Gasteiger partial charge >= 0.3 is 0 Å². The van der Waals surface area contributed by atoms with Crippen LogP contribution in [0, 0.1) is 23.0 Å². The van der Waals surface area contributed by atoms with Crippen molar-refractivity contribution < 1.29 is 14.5 Å². The topological polar surface area (TPSA) is 80.5 Å². The van der Waals surface area contributed by atoms with Crippen LogP contribution in [-0.2, 0) is 9.59 Å². The van der Waals surface area contributed by atoms with Gasteiger partial charge in [0.15, 0.2) is 5.12 Å². The zero-order chi connectivity index (χ0) is 16.4. The third kappa shape index (κ3) is 3.59. The van der Waals surface area contributed by atoms with Crippen LogP contribution in [0.3, 0.4) is 0 Å². The molecule has 118 valence electrons. The molecule has 0 saturated carbocycles. The SMILES string of the molecule is CC(=O)SCC1CC(=O)N(c2c(C)cc(Cl)cc2[N+](=O)[O-])C1. The molecular weight excluding hydrogens is 328 g/mol. The number of anilines is 1. The lowest BCUT2D eigenvalue weighted by molar-refractivity contribution is -0.384. The summed E-state index contributed by atoms with van der Waals surface area (Å²) in [6, 6.07) is 2.86. The molecule has 0 N–H and O–H groups in total. The number of thioether (sulfide) groups is 1. The van der Waals surface area contributed by atoms with Crippen molar-refractivity contribution in [3.8, 4) is 0 Å². The van der Waals surface area contributed by atoms with Gasteiger partial charge in [0.25, 0.3) is 5.69 Å². The molecule has 0 bridgehead atoms. The van der Waals surface area contributed by atoms with E-state index in [0.29, 0.717) is 30.0 Å². The lowest BCUT2D eigenvalue weighted by Gasteiger charge is -2.19. The van der Waals surface area contributed by atoms with Crippen LogP contribution < -0.4 is 4.90 Å². The largest absolute Gasteiger partial charge is 0.306 e. The van der Waals surface area contributed by atoms with Crippen molar-refractivity contribution in [1.82, 2.24) is 0 Å². The van der Waals surface area contributed by atoms with Gasteiger partial charge in [-0.25, -0.2) is 0 Å². The minimum Gasteiger partial charge on any atom is -0.306 e. The van der Waals surface area contributed by atoms with E-state index in [2.05, 4.69) is 0 Å². The van der Waals surface area contributed by atoms with Gasteiger partial charge in [-0.3, -0.25) is 19.7 Å². The fraction of sp³-hybridized carbons (Fsp3) is 0.429. The Morgan fingerprint density at radius 3 is 2.82 bits per heavy atom. The van der Waals surface area contributed by atoms with Crippen molar-refractivity contribution in [3.63, 3.8) is 0 Å². The molecule has 1 aliphatic rings. The second-order valence-electron chi connectivity index (χ2n) is 5.22. The number of rotatable bonds is 4. The van der Waals surface area contributed by atoms with Gasteiger partial charge in [0.05, 0.1) is 4.92 Å². The van der Waals surface area contributed by atoms with E-state index in [1.807, 2.05) is 0 Å². The van der Waals surface area contributed by atoms with Crippen LogP contribution in [0.1, 0.15) is 18.9 Å². The van der Waals surface area contributed by atoms with Crippen LogP contribution in [-0.4, -0.2) is 28.2 Å². The summed E-state index contributed by atoms with van der Waals surface area (Å²) < 4.78 is 0. The number of aryl methyl sites for hydroxylation is 1. The molecule has 2 rings (SSSR count). The normalized spacial score (nSPS) is 17.9. The minimum absolute atomic E-state index is 0.000414. The van der Waals surface area contributed by atoms with Gasteiger partial charge in [-0.15, -0.1) is 0 Å². The average molecular weight is 343 g/mol. The number of nitrogens with zero attached hydrogens (tertiary/aromatic N) is 2. The highest BCUT2D eigenvalue weighted by atomic mass is 35.5. The smallest absolute Gasteiger partial charge is 0.294 e. The summed E-state index contributed by atoms with van der Waals surface area (Å²) in [7, 11) is 0. The van der Waals surface area contributed by atoms with Crippen LogP contribution >= 0.6 is 23.4 Å². The number of nitro groups is 1. The standard InChI is InChI=1S/C14H15ClN2O4S/c1-8-3-11(15)5-12(17(20)21)14(8)16-6-10(4-13(16)19)7-22-9(2)18/h3,5,10H,4,6-7H2,1-2H3. The number of halogens is 1. The van der Waals surface area contributed by atoms with E-state index in [-0.39, 0.29) is 27.7 Å². The molecule has 1 atom stereocenters. The van der Waals surface area contributed by atoms with E-state index in [0.717, 1.165) is 0 Å². The Kier molecular flexibility index (Phi) is 5.08. The van der Waals surface area contributed by atoms with Crippen molar-refractivity contribution in [3.05, 3.63) is 32.8 Å². The molecule has 0 radical (unpaired) electrons. The van der Waals surface area contributed by atoms with Crippen molar-refractivity contribution in [2.24, 2.45) is 5.92 Å². The second-order valence-corrected chi connectivity index (χ2v) is 6.86. The lowest BCUT2D eigenvalue weighted by atomic mass is 10.1. The first-order valence-electron chi connectivity index (χ1n) is 6.68. The van der Waals surface area contributed by atoms with Gasteiger partial charge in [-0.1, -0.05) is 23.4 Å². The van der Waals surface area contributed by atoms with Gasteiger partial charge in [0, 0.05) is 36.7 Å². The van der Waals surface area contributed by atoms with E-state index in [1.165, 1.54) is 29.7 Å². The Balaban J connectivity index is 2.30. The van der Waals surface area contributed by atoms with Crippen LogP contribution in [0.2, 0.25) is 5.02 Å². The van der Waals surface area contributed by atoms with Gasteiger partial charge in [0.1, 0.15) is 5.69 Å². The molecule has 8 heteroatoms. The number of amides is 1. The number of hydrogen-bond donors (Lipinski definition) is 0. The molecular formula is C14H15ClN2O4S. The zero-order valence-electron chi connectivity index (χ0n) is 12.2. The maximum Gasteiger partial charge on any atom is 0.294 e. The molecule has 1 unspecified atom stereocenters. The Morgan fingerprint density at radius 1 is 1.55 bits per heavy atom. The van der Waals surface area contributed by atoms with Gasteiger partial charge in [-0.2, -0.15) is 0 Å². The van der Waals surface area contributed by atoms with Crippen molar-refractivity contribution in [1.29, 1.82) is 0 Å². The highest BCUT2D eigenvalue weighted by molar-refractivity contribution is 8.13. The highest BCUT2D eigenvalue weighted by Gasteiger charge is 2.35. The first kappa shape index (κ1) is 16.8. The fourth-order valence-electron chi connectivity index (χ4n) is 2.55. The quantitative estimate of drug-likeness (QED) is 0.620. The molecule has 22 heavy (non-hydrogen) atoms. The van der Waals surface area contributed by atoms with E-state index in [4.69, 9.17) is 11.6 Å². The van der Waals surface area contributed by atoms with Crippen LogP contribution in [0.5, 0.6) is 0 Å². The van der Waals surface area contributed by atoms with Crippen LogP contribution in [0.15, 0.2) is 12.1 Å². The highest BCUT2D eigenvalue weighted by Crippen LogP contribution is 2.38. The predicted octanol–water partition coefficient (Wildman–Crippen LogP) is 3.19. The van der Waals surface area contributed by atoms with Crippen LogP contribution in [0.25, 0.3) is 0 Å². The Bertz CT molecular complexity index is 650. The van der Waals surface area contributed by atoms with Gasteiger partial charge in [-0.05, 0) is 24.5 Å². The first-order chi connectivity index (χ1) is 10.3. The molecule has 0 spiro atoms. The molecule has 1 aliphatic heterocycles. The van der Waals surface area contributed by atoms with E-state index < -0.39 is 4.92 Å². The Hall–Kier alpha value is -1.60. The molecule has 0 aromatic heterocycles. The molecule has 1 fully saturated rings. The van der Waals surface area contributed by atoms with E-state index in [1.54, 1.807) is 13.0 Å². The number of nitro benzene ring substituents is 1. The third-order valence-electron chi connectivity index (χ3n) is 3.44. The summed E-state index contributed by atoms with van der Waals surface area (Å²) in [6.07, 6.45) is 0.291. The molecule has 1 aromatic rings. The van der Waals surface area contributed by atoms with Gasteiger partial charge < -0.3 is 4.90 Å². The number of carbonyl (C=O) groups is 2. The third-order valence-corrected chi connectivity index (χ3v) is 4.70. The van der Waals surface area contributed by atoms with Crippen molar-refractivity contribution in [2.75, 3.05) is 17.2 Å². The maximum absolute atomic E-state index is 12.2. The molecule has 1 saturated heterocycles. The van der Waals surface area contributed by atoms with Crippen LogP contribution in [0.4, 0.5) is 11.4 Å². The fourth-order valence-corrected chi connectivity index (χ4v) is 3.51. The Morgan fingerprint density at radius 2 is 2.23 bits per heavy atom. The maximum atomic E-state index is 12.2. The van der Waals surface area contributed by atoms with E-state index >= 15 is 0 Å². The monoisotopic (exact) mass is 342 g/mol. The lowest BCUT2D eigenvalue weighted by Crippen LogP contribution is -2.26. The second kappa shape index (κ2) is 6.66. The number of benzene rings is 1. The summed E-state index contributed by atoms with van der Waals surface area (Å²) in [5, 5.41) is 11.5. The average Bonchev–Trinajstić information content (AvgIpc) is 2.76. The predicted molar refractivity (Wildman–Crippen MR) is 86.4 cm³/mol. The summed E-state index contributed by atoms with van der Waals surface area (Å²) >= 11 is 7.05. The minimum atomic E-state index is -0.529. The first-order valence-corrected chi connectivity index (χ1v) is 8.04. The van der Waals surface area contributed by atoms with Crippen molar-refractivity contribution in [2.45, 2.75) is 20.3 Å².